The second-order valence-electron chi connectivity index (χ2n) is 5.89. The van der Waals surface area contributed by atoms with Gasteiger partial charge in [0, 0.05) is 23.0 Å². The zero-order valence-corrected chi connectivity index (χ0v) is 15.1. The van der Waals surface area contributed by atoms with Gasteiger partial charge in [-0.1, -0.05) is 30.1 Å². The van der Waals surface area contributed by atoms with E-state index in [1.165, 1.54) is 0 Å². The minimum absolute atomic E-state index is 0.0369. The number of aliphatic hydroxyl groups is 1. The third-order valence-electron chi connectivity index (χ3n) is 3.95. The molecule has 0 saturated heterocycles. The van der Waals surface area contributed by atoms with E-state index in [0.717, 1.165) is 17.5 Å². The fraction of sp³-hybridized carbons (Fsp3) is 0.500. The molecule has 0 aromatic heterocycles. The topological polar surface area (TPSA) is 81.7 Å². The predicted octanol–water partition coefficient (Wildman–Crippen LogP) is 2.12. The average Bonchev–Trinajstić information content (AvgIpc) is 2.81. The van der Waals surface area contributed by atoms with Gasteiger partial charge in [0.2, 0.25) is 5.91 Å². The van der Waals surface area contributed by atoms with E-state index in [9.17, 15) is 14.7 Å². The Morgan fingerprint density at radius 2 is 2.08 bits per heavy atom. The number of urea groups is 1. The molecule has 0 saturated carbocycles. The molecule has 0 fully saturated rings. The normalized spacial score (nSPS) is 19.2. The number of hydrogen-bond acceptors (Lipinski definition) is 4. The summed E-state index contributed by atoms with van der Waals surface area (Å²) in [6.45, 7) is 2.39. The number of likely N-dealkylation sites (N-methyl/N-ethyl adjacent to an activating group) is 1. The number of carbonyl (C=O) groups is 2. The first-order valence-corrected chi connectivity index (χ1v) is 8.52. The molecule has 0 unspecified atom stereocenters. The molecule has 1 aromatic carbocycles. The lowest BCUT2D eigenvalue weighted by molar-refractivity contribution is -0.121. The number of imide groups is 1. The summed E-state index contributed by atoms with van der Waals surface area (Å²) >= 11 is 12.2. The van der Waals surface area contributed by atoms with Crippen molar-refractivity contribution in [2.45, 2.75) is 31.9 Å². The smallest absolute Gasteiger partial charge is 0.321 e. The Labute approximate surface area is 151 Å². The largest absolute Gasteiger partial charge is 0.391 e. The van der Waals surface area contributed by atoms with Crippen molar-refractivity contribution >= 4 is 35.1 Å². The van der Waals surface area contributed by atoms with Crippen LogP contribution in [0.15, 0.2) is 12.1 Å². The van der Waals surface area contributed by atoms with Gasteiger partial charge < -0.3 is 10.4 Å². The van der Waals surface area contributed by atoms with E-state index in [1.54, 1.807) is 24.1 Å². The quantitative estimate of drug-likeness (QED) is 0.738. The van der Waals surface area contributed by atoms with E-state index in [0.29, 0.717) is 23.0 Å². The SMILES string of the molecule is CCCNC(=O)NC(=O)CN(C)[C@H]1c2cc(Cl)cc(Cl)c2C[C@H]1O. The summed E-state index contributed by atoms with van der Waals surface area (Å²) in [5, 5.41) is 16.2. The molecule has 0 spiro atoms. The number of hydrogen-bond donors (Lipinski definition) is 3. The monoisotopic (exact) mass is 373 g/mol. The number of benzene rings is 1. The highest BCUT2D eigenvalue weighted by atomic mass is 35.5. The van der Waals surface area contributed by atoms with Gasteiger partial charge in [-0.15, -0.1) is 0 Å². The Morgan fingerprint density at radius 3 is 2.75 bits per heavy atom. The van der Waals surface area contributed by atoms with Crippen molar-refractivity contribution in [1.82, 2.24) is 15.5 Å². The molecule has 3 N–H and O–H groups in total. The summed E-state index contributed by atoms with van der Waals surface area (Å²) in [5.74, 6) is -0.445. The number of nitrogens with zero attached hydrogens (tertiary/aromatic N) is 1. The number of halogens is 2. The van der Waals surface area contributed by atoms with Crippen molar-refractivity contribution in [1.29, 1.82) is 0 Å². The summed E-state index contributed by atoms with van der Waals surface area (Å²) < 4.78 is 0. The van der Waals surface area contributed by atoms with Gasteiger partial charge in [0.05, 0.1) is 18.7 Å². The van der Waals surface area contributed by atoms with Crippen LogP contribution in [0.4, 0.5) is 4.79 Å². The Kier molecular flexibility index (Phi) is 6.46. The molecule has 2 atom stereocenters. The molecule has 6 nitrogen and oxygen atoms in total. The molecule has 3 amide bonds. The molecular formula is C16H21Cl2N3O3. The molecule has 0 aliphatic heterocycles. The number of aliphatic hydroxyl groups excluding tert-OH is 1. The Bertz CT molecular complexity index is 639. The predicted molar refractivity (Wildman–Crippen MR) is 93.4 cm³/mol. The van der Waals surface area contributed by atoms with Gasteiger partial charge in [-0.25, -0.2) is 4.79 Å². The van der Waals surface area contributed by atoms with Crippen molar-refractivity contribution in [2.75, 3.05) is 20.1 Å². The van der Waals surface area contributed by atoms with Crippen LogP contribution in [0.25, 0.3) is 0 Å². The molecule has 8 heteroatoms. The van der Waals surface area contributed by atoms with Crippen molar-refractivity contribution < 1.29 is 14.7 Å². The van der Waals surface area contributed by atoms with Crippen LogP contribution in [0.2, 0.25) is 10.0 Å². The first-order chi connectivity index (χ1) is 11.3. The van der Waals surface area contributed by atoms with Crippen molar-refractivity contribution in [2.24, 2.45) is 0 Å². The van der Waals surface area contributed by atoms with Crippen LogP contribution in [0.3, 0.4) is 0 Å². The van der Waals surface area contributed by atoms with Gasteiger partial charge in [0.15, 0.2) is 0 Å². The Balaban J connectivity index is 2.04. The highest BCUT2D eigenvalue weighted by molar-refractivity contribution is 6.35. The van der Waals surface area contributed by atoms with Crippen LogP contribution in [-0.2, 0) is 11.2 Å². The minimum Gasteiger partial charge on any atom is -0.391 e. The Hall–Kier alpha value is -1.34. The molecule has 2 rings (SSSR count). The van der Waals surface area contributed by atoms with Gasteiger partial charge in [0.1, 0.15) is 0 Å². The fourth-order valence-corrected chi connectivity index (χ4v) is 3.52. The van der Waals surface area contributed by atoms with Gasteiger partial charge in [0.25, 0.3) is 0 Å². The molecule has 1 aliphatic rings. The van der Waals surface area contributed by atoms with E-state index in [-0.39, 0.29) is 6.54 Å². The molecule has 0 radical (unpaired) electrons. The van der Waals surface area contributed by atoms with Crippen molar-refractivity contribution in [3.63, 3.8) is 0 Å². The molecule has 132 valence electrons. The van der Waals surface area contributed by atoms with E-state index in [1.807, 2.05) is 6.92 Å². The molecular weight excluding hydrogens is 353 g/mol. The summed E-state index contributed by atoms with van der Waals surface area (Å²) in [6.07, 6.45) is 0.496. The van der Waals surface area contributed by atoms with Gasteiger partial charge in [-0.05, 0) is 36.7 Å². The summed E-state index contributed by atoms with van der Waals surface area (Å²) in [7, 11) is 1.71. The summed E-state index contributed by atoms with van der Waals surface area (Å²) in [6, 6.07) is 2.47. The average molecular weight is 374 g/mol. The lowest BCUT2D eigenvalue weighted by atomic mass is 10.1. The van der Waals surface area contributed by atoms with Crippen molar-refractivity contribution in [3.8, 4) is 0 Å². The number of fused-ring (bicyclic) bond motifs is 1. The molecule has 1 aliphatic carbocycles. The second-order valence-corrected chi connectivity index (χ2v) is 6.73. The standard InChI is InChI=1S/C16H21Cl2N3O3/c1-3-4-19-16(24)20-14(23)8-21(2)15-11-5-9(17)6-12(18)10(11)7-13(15)22/h5-6,13,15,22H,3-4,7-8H2,1-2H3,(H2,19,20,23,24)/t13-,15+/m1/s1. The second kappa shape index (κ2) is 8.16. The highest BCUT2D eigenvalue weighted by Gasteiger charge is 2.36. The third kappa shape index (κ3) is 4.39. The molecule has 0 heterocycles. The maximum atomic E-state index is 12.0. The summed E-state index contributed by atoms with van der Waals surface area (Å²) in [5.41, 5.74) is 1.65. The van der Waals surface area contributed by atoms with Crippen LogP contribution in [-0.4, -0.2) is 48.2 Å². The first-order valence-electron chi connectivity index (χ1n) is 7.77. The number of amides is 3. The van der Waals surface area contributed by atoms with Gasteiger partial charge in [-0.2, -0.15) is 0 Å². The van der Waals surface area contributed by atoms with E-state index >= 15 is 0 Å². The van der Waals surface area contributed by atoms with Crippen molar-refractivity contribution in [3.05, 3.63) is 33.3 Å². The molecule has 1 aromatic rings. The maximum Gasteiger partial charge on any atom is 0.321 e. The number of nitrogens with one attached hydrogen (secondary N) is 2. The zero-order valence-electron chi connectivity index (χ0n) is 13.6. The summed E-state index contributed by atoms with van der Waals surface area (Å²) in [4.78, 5) is 25.2. The fourth-order valence-electron chi connectivity index (χ4n) is 2.94. The maximum absolute atomic E-state index is 12.0. The Morgan fingerprint density at radius 1 is 1.38 bits per heavy atom. The number of carbonyl (C=O) groups excluding carboxylic acids is 2. The van der Waals surface area contributed by atoms with Crippen LogP contribution in [0.5, 0.6) is 0 Å². The first kappa shape index (κ1) is 19.0. The van der Waals surface area contributed by atoms with E-state index < -0.39 is 24.1 Å². The van der Waals surface area contributed by atoms with E-state index in [4.69, 9.17) is 23.2 Å². The van der Waals surface area contributed by atoms with Crippen LogP contribution >= 0.6 is 23.2 Å². The lowest BCUT2D eigenvalue weighted by Gasteiger charge is -2.27. The highest BCUT2D eigenvalue weighted by Crippen LogP contribution is 2.40. The molecule has 0 bridgehead atoms. The minimum atomic E-state index is -0.692. The third-order valence-corrected chi connectivity index (χ3v) is 4.50. The van der Waals surface area contributed by atoms with Gasteiger partial charge in [-0.3, -0.25) is 15.0 Å². The van der Waals surface area contributed by atoms with Gasteiger partial charge >= 0.3 is 6.03 Å². The zero-order chi connectivity index (χ0) is 17.9. The lowest BCUT2D eigenvalue weighted by Crippen LogP contribution is -2.45. The number of rotatable bonds is 5. The molecule has 24 heavy (non-hydrogen) atoms. The van der Waals surface area contributed by atoms with Crippen LogP contribution in [0, 0.1) is 0 Å². The van der Waals surface area contributed by atoms with Crippen LogP contribution < -0.4 is 10.6 Å². The van der Waals surface area contributed by atoms with E-state index in [2.05, 4.69) is 10.6 Å². The van der Waals surface area contributed by atoms with Crippen LogP contribution in [0.1, 0.15) is 30.5 Å².